The summed E-state index contributed by atoms with van der Waals surface area (Å²) in [6.07, 6.45) is 3.32. The first-order valence-corrected chi connectivity index (χ1v) is 6.68. The van der Waals surface area contributed by atoms with Crippen LogP contribution in [-0.2, 0) is 5.54 Å². The second-order valence-corrected chi connectivity index (χ2v) is 4.80. The lowest BCUT2D eigenvalue weighted by atomic mass is 9.93. The molecule has 1 aromatic carbocycles. The van der Waals surface area contributed by atoms with Crippen LogP contribution in [0.3, 0.4) is 0 Å². The van der Waals surface area contributed by atoms with E-state index in [4.69, 9.17) is 0 Å². The monoisotopic (exact) mass is 272 g/mol. The fourth-order valence-corrected chi connectivity index (χ4v) is 1.98. The first kappa shape index (κ1) is 14.3. The van der Waals surface area contributed by atoms with Gasteiger partial charge in [-0.25, -0.2) is 4.98 Å². The van der Waals surface area contributed by atoms with Crippen molar-refractivity contribution in [2.24, 2.45) is 0 Å². The van der Waals surface area contributed by atoms with Crippen LogP contribution in [0.1, 0.15) is 19.4 Å². The average Bonchev–Trinajstić information content (AvgIpc) is 2.49. The molecule has 0 aliphatic rings. The maximum Gasteiger partial charge on any atom is 0.147 e. The molecular formula is C15H20N4O. The van der Waals surface area contributed by atoms with Crippen molar-refractivity contribution in [2.45, 2.75) is 19.4 Å². The number of nitrogens with one attached hydrogen (secondary N) is 2. The maximum absolute atomic E-state index is 9.75. The Morgan fingerprint density at radius 2 is 1.85 bits per heavy atom. The SMILES string of the molecule is CCNc1cncc(NC(C)(CO)c2ccccc2)n1. The number of hydrogen-bond acceptors (Lipinski definition) is 5. The quantitative estimate of drug-likeness (QED) is 0.752. The molecule has 0 amide bonds. The molecule has 106 valence electrons. The standard InChI is InChI=1S/C15H20N4O/c1-3-17-13-9-16-10-14(18-13)19-15(2,11-20)12-7-5-4-6-8-12/h4-10,20H,3,11H2,1-2H3,(H2,17,18,19). The van der Waals surface area contributed by atoms with Crippen molar-refractivity contribution in [3.63, 3.8) is 0 Å². The van der Waals surface area contributed by atoms with Gasteiger partial charge in [0.05, 0.1) is 24.5 Å². The van der Waals surface area contributed by atoms with E-state index in [0.29, 0.717) is 11.6 Å². The van der Waals surface area contributed by atoms with Crippen LogP contribution >= 0.6 is 0 Å². The van der Waals surface area contributed by atoms with E-state index < -0.39 is 5.54 Å². The summed E-state index contributed by atoms with van der Waals surface area (Å²) in [5.74, 6) is 1.34. The molecule has 0 aliphatic heterocycles. The molecule has 1 unspecified atom stereocenters. The molecule has 5 heteroatoms. The summed E-state index contributed by atoms with van der Waals surface area (Å²) in [6.45, 7) is 4.69. The minimum Gasteiger partial charge on any atom is -0.394 e. The molecule has 5 nitrogen and oxygen atoms in total. The van der Waals surface area contributed by atoms with E-state index >= 15 is 0 Å². The third kappa shape index (κ3) is 3.24. The third-order valence-electron chi connectivity index (χ3n) is 3.12. The van der Waals surface area contributed by atoms with Crippen molar-refractivity contribution >= 4 is 11.6 Å². The van der Waals surface area contributed by atoms with Crippen molar-refractivity contribution in [1.82, 2.24) is 9.97 Å². The Balaban J connectivity index is 2.24. The van der Waals surface area contributed by atoms with Crippen LogP contribution in [0.15, 0.2) is 42.7 Å². The molecule has 1 atom stereocenters. The second kappa shape index (κ2) is 6.34. The fraction of sp³-hybridized carbons (Fsp3) is 0.333. The Hall–Kier alpha value is -2.14. The predicted molar refractivity (Wildman–Crippen MR) is 80.7 cm³/mol. The number of aliphatic hydroxyl groups is 1. The van der Waals surface area contributed by atoms with Crippen molar-refractivity contribution < 1.29 is 5.11 Å². The molecule has 0 spiro atoms. The normalized spacial score (nSPS) is 13.6. The van der Waals surface area contributed by atoms with Crippen LogP contribution < -0.4 is 10.6 Å². The smallest absolute Gasteiger partial charge is 0.147 e. The Labute approximate surface area is 119 Å². The molecule has 0 radical (unpaired) electrons. The number of aliphatic hydroxyl groups excluding tert-OH is 1. The van der Waals surface area contributed by atoms with Gasteiger partial charge in [-0.2, -0.15) is 0 Å². The van der Waals surface area contributed by atoms with Crippen LogP contribution in [-0.4, -0.2) is 28.2 Å². The molecule has 0 saturated heterocycles. The highest BCUT2D eigenvalue weighted by atomic mass is 16.3. The lowest BCUT2D eigenvalue weighted by Crippen LogP contribution is -2.36. The van der Waals surface area contributed by atoms with Crippen molar-refractivity contribution in [3.05, 3.63) is 48.3 Å². The van der Waals surface area contributed by atoms with Gasteiger partial charge in [-0.05, 0) is 19.4 Å². The maximum atomic E-state index is 9.75. The molecular weight excluding hydrogens is 252 g/mol. The van der Waals surface area contributed by atoms with Gasteiger partial charge in [0.25, 0.3) is 0 Å². The van der Waals surface area contributed by atoms with Crippen molar-refractivity contribution in [3.8, 4) is 0 Å². The first-order valence-electron chi connectivity index (χ1n) is 6.68. The van der Waals surface area contributed by atoms with Gasteiger partial charge in [0.2, 0.25) is 0 Å². The number of hydrogen-bond donors (Lipinski definition) is 3. The van der Waals surface area contributed by atoms with Gasteiger partial charge < -0.3 is 15.7 Å². The molecule has 2 aromatic rings. The van der Waals surface area contributed by atoms with Crippen LogP contribution in [0.4, 0.5) is 11.6 Å². The summed E-state index contributed by atoms with van der Waals surface area (Å²) in [6, 6.07) is 9.81. The number of nitrogens with zero attached hydrogens (tertiary/aromatic N) is 2. The van der Waals surface area contributed by atoms with Crippen LogP contribution in [0.5, 0.6) is 0 Å². The van der Waals surface area contributed by atoms with E-state index in [1.807, 2.05) is 44.2 Å². The van der Waals surface area contributed by atoms with Crippen LogP contribution in [0, 0.1) is 0 Å². The summed E-state index contributed by atoms with van der Waals surface area (Å²) in [4.78, 5) is 8.57. The van der Waals surface area contributed by atoms with E-state index in [1.54, 1.807) is 12.4 Å². The zero-order valence-corrected chi connectivity index (χ0v) is 11.8. The highest BCUT2D eigenvalue weighted by Gasteiger charge is 2.26. The van der Waals surface area contributed by atoms with E-state index in [1.165, 1.54) is 0 Å². The average molecular weight is 272 g/mol. The second-order valence-electron chi connectivity index (χ2n) is 4.80. The largest absolute Gasteiger partial charge is 0.394 e. The molecule has 0 fully saturated rings. The molecule has 1 heterocycles. The lowest BCUT2D eigenvalue weighted by Gasteiger charge is -2.29. The van der Waals surface area contributed by atoms with E-state index in [2.05, 4.69) is 20.6 Å². The van der Waals surface area contributed by atoms with Gasteiger partial charge in [-0.1, -0.05) is 30.3 Å². The third-order valence-corrected chi connectivity index (χ3v) is 3.12. The Kier molecular flexibility index (Phi) is 4.53. The van der Waals surface area contributed by atoms with Crippen LogP contribution in [0.2, 0.25) is 0 Å². The number of rotatable bonds is 6. The Morgan fingerprint density at radius 1 is 1.15 bits per heavy atom. The zero-order valence-electron chi connectivity index (χ0n) is 11.8. The highest BCUT2D eigenvalue weighted by Crippen LogP contribution is 2.24. The number of benzene rings is 1. The van der Waals surface area contributed by atoms with Crippen LogP contribution in [0.25, 0.3) is 0 Å². The summed E-state index contributed by atoms with van der Waals surface area (Å²) in [5, 5.41) is 16.1. The van der Waals surface area contributed by atoms with Crippen molar-refractivity contribution in [2.75, 3.05) is 23.8 Å². The molecule has 0 bridgehead atoms. The van der Waals surface area contributed by atoms with E-state index in [0.717, 1.165) is 12.1 Å². The highest BCUT2D eigenvalue weighted by molar-refractivity contribution is 5.45. The summed E-state index contributed by atoms with van der Waals surface area (Å²) in [5.41, 5.74) is 0.402. The minimum absolute atomic E-state index is 0.0376. The molecule has 3 N–H and O–H groups in total. The number of aromatic nitrogens is 2. The van der Waals surface area contributed by atoms with Gasteiger partial charge in [0, 0.05) is 6.54 Å². The molecule has 0 aliphatic carbocycles. The summed E-state index contributed by atoms with van der Waals surface area (Å²) >= 11 is 0. The Morgan fingerprint density at radius 3 is 2.50 bits per heavy atom. The summed E-state index contributed by atoms with van der Waals surface area (Å²) < 4.78 is 0. The minimum atomic E-state index is -0.596. The van der Waals surface area contributed by atoms with Crippen molar-refractivity contribution in [1.29, 1.82) is 0 Å². The zero-order chi connectivity index (χ0) is 14.4. The summed E-state index contributed by atoms with van der Waals surface area (Å²) in [7, 11) is 0. The molecule has 1 aromatic heterocycles. The molecule has 0 saturated carbocycles. The topological polar surface area (TPSA) is 70.1 Å². The van der Waals surface area contributed by atoms with E-state index in [-0.39, 0.29) is 6.61 Å². The Bertz CT molecular complexity index is 547. The molecule has 2 rings (SSSR count). The van der Waals surface area contributed by atoms with Gasteiger partial charge in [-0.15, -0.1) is 0 Å². The molecule has 20 heavy (non-hydrogen) atoms. The first-order chi connectivity index (χ1) is 9.68. The predicted octanol–water partition coefficient (Wildman–Crippen LogP) is 2.23. The lowest BCUT2D eigenvalue weighted by molar-refractivity contribution is 0.223. The van der Waals surface area contributed by atoms with Gasteiger partial charge in [0.15, 0.2) is 0 Å². The van der Waals surface area contributed by atoms with Gasteiger partial charge in [0.1, 0.15) is 11.6 Å². The number of anilines is 2. The fourth-order valence-electron chi connectivity index (χ4n) is 1.98. The van der Waals surface area contributed by atoms with Gasteiger partial charge >= 0.3 is 0 Å². The van der Waals surface area contributed by atoms with E-state index in [9.17, 15) is 5.11 Å². The van der Waals surface area contributed by atoms with Gasteiger partial charge in [-0.3, -0.25) is 4.98 Å².